The summed E-state index contributed by atoms with van der Waals surface area (Å²) in [6, 6.07) is 13.2. The third-order valence-corrected chi connectivity index (χ3v) is 5.55. The van der Waals surface area contributed by atoms with E-state index >= 15 is 0 Å². The summed E-state index contributed by atoms with van der Waals surface area (Å²) in [4.78, 5) is 16.5. The molecule has 0 spiro atoms. The van der Waals surface area contributed by atoms with Crippen molar-refractivity contribution in [3.8, 4) is 0 Å². The number of fused-ring (bicyclic) bond motifs is 1. The molecule has 1 aromatic heterocycles. The lowest BCUT2D eigenvalue weighted by Crippen LogP contribution is -2.33. The van der Waals surface area contributed by atoms with Crippen molar-refractivity contribution < 1.29 is 18.0 Å². The first-order valence-electron chi connectivity index (χ1n) is 9.31. The van der Waals surface area contributed by atoms with Crippen LogP contribution in [-0.4, -0.2) is 27.3 Å². The topological polar surface area (TPSA) is 46.9 Å². The van der Waals surface area contributed by atoms with Crippen molar-refractivity contribution in [2.75, 3.05) is 5.75 Å². The van der Waals surface area contributed by atoms with Gasteiger partial charge in [-0.3, -0.25) is 4.79 Å². The number of nitrogens with zero attached hydrogens (tertiary/aromatic N) is 2. The van der Waals surface area contributed by atoms with Gasteiger partial charge in [0.2, 0.25) is 5.91 Å². The van der Waals surface area contributed by atoms with Gasteiger partial charge in [-0.15, -0.1) is 0 Å². The highest BCUT2D eigenvalue weighted by molar-refractivity contribution is 7.99. The Morgan fingerprint density at radius 2 is 1.93 bits per heavy atom. The Bertz CT molecular complexity index is 986. The van der Waals surface area contributed by atoms with Gasteiger partial charge in [0, 0.05) is 6.04 Å². The van der Waals surface area contributed by atoms with E-state index in [1.807, 2.05) is 48.7 Å². The third-order valence-electron chi connectivity index (χ3n) is 4.58. The summed E-state index contributed by atoms with van der Waals surface area (Å²) in [7, 11) is 0. The molecule has 8 heteroatoms. The zero-order chi connectivity index (χ0) is 21.0. The first kappa shape index (κ1) is 21.2. The second-order valence-corrected chi connectivity index (χ2v) is 7.78. The summed E-state index contributed by atoms with van der Waals surface area (Å²) in [6.07, 6.45) is -3.61. The van der Waals surface area contributed by atoms with E-state index in [-0.39, 0.29) is 23.2 Å². The first-order chi connectivity index (χ1) is 13.8. The van der Waals surface area contributed by atoms with Crippen LogP contribution in [0.3, 0.4) is 0 Å². The number of aromatic nitrogens is 2. The minimum atomic E-state index is -4.43. The Morgan fingerprint density at radius 3 is 2.59 bits per heavy atom. The van der Waals surface area contributed by atoms with E-state index < -0.39 is 11.7 Å². The molecule has 2 aromatic carbocycles. The summed E-state index contributed by atoms with van der Waals surface area (Å²) < 4.78 is 41.1. The van der Waals surface area contributed by atoms with Gasteiger partial charge in [-0.25, -0.2) is 4.98 Å². The van der Waals surface area contributed by atoms with Crippen molar-refractivity contribution in [3.63, 3.8) is 0 Å². The highest BCUT2D eigenvalue weighted by Crippen LogP contribution is 2.33. The lowest BCUT2D eigenvalue weighted by Gasteiger charge is -2.12. The van der Waals surface area contributed by atoms with Crippen LogP contribution >= 0.6 is 11.8 Å². The zero-order valence-corrected chi connectivity index (χ0v) is 17.0. The van der Waals surface area contributed by atoms with Gasteiger partial charge in [0.1, 0.15) is 0 Å². The van der Waals surface area contributed by atoms with Crippen LogP contribution in [-0.2, 0) is 17.5 Å². The molecule has 3 aromatic rings. The average Bonchev–Trinajstić information content (AvgIpc) is 3.03. The molecule has 29 heavy (non-hydrogen) atoms. The van der Waals surface area contributed by atoms with Gasteiger partial charge in [0.05, 0.1) is 28.9 Å². The minimum Gasteiger partial charge on any atom is -0.353 e. The van der Waals surface area contributed by atoms with Gasteiger partial charge in [-0.05, 0) is 37.1 Å². The lowest BCUT2D eigenvalue weighted by atomic mass is 10.2. The maximum absolute atomic E-state index is 13.1. The number of carbonyl (C=O) groups is 1. The zero-order valence-electron chi connectivity index (χ0n) is 16.2. The molecule has 0 aliphatic carbocycles. The number of halogens is 3. The van der Waals surface area contributed by atoms with Gasteiger partial charge < -0.3 is 9.88 Å². The van der Waals surface area contributed by atoms with Gasteiger partial charge in [-0.1, -0.05) is 49.0 Å². The Balaban J connectivity index is 1.93. The average molecular weight is 421 g/mol. The minimum absolute atomic E-state index is 0.0700. The van der Waals surface area contributed by atoms with E-state index in [1.165, 1.54) is 17.8 Å². The van der Waals surface area contributed by atoms with Crippen molar-refractivity contribution in [1.82, 2.24) is 14.9 Å². The fraction of sp³-hybridized carbons (Fsp3) is 0.333. The highest BCUT2D eigenvalue weighted by atomic mass is 32.2. The number of rotatable bonds is 7. The van der Waals surface area contributed by atoms with Crippen LogP contribution in [0.5, 0.6) is 0 Å². The van der Waals surface area contributed by atoms with Crippen LogP contribution in [0, 0.1) is 0 Å². The number of carbonyl (C=O) groups excluding carboxylic acids is 1. The van der Waals surface area contributed by atoms with Gasteiger partial charge in [0.15, 0.2) is 5.16 Å². The van der Waals surface area contributed by atoms with Crippen molar-refractivity contribution in [1.29, 1.82) is 0 Å². The maximum Gasteiger partial charge on any atom is 0.416 e. The molecular weight excluding hydrogens is 399 g/mol. The van der Waals surface area contributed by atoms with Gasteiger partial charge >= 0.3 is 6.18 Å². The van der Waals surface area contributed by atoms with Crippen LogP contribution in [0.1, 0.15) is 31.4 Å². The molecule has 1 N–H and O–H groups in total. The molecule has 3 rings (SSSR count). The summed E-state index contributed by atoms with van der Waals surface area (Å²) in [5.41, 5.74) is 1.13. The smallest absolute Gasteiger partial charge is 0.353 e. The number of hydrogen-bond acceptors (Lipinski definition) is 3. The molecule has 0 aliphatic rings. The normalized spacial score (nSPS) is 12.9. The SMILES string of the molecule is CC[C@@H](C)NC(=O)CSc1nc2cc(C(F)(F)F)ccc2n1Cc1ccccc1. The van der Waals surface area contributed by atoms with E-state index in [0.29, 0.717) is 17.2 Å². The molecule has 0 unspecified atom stereocenters. The molecule has 1 atom stereocenters. The van der Waals surface area contributed by atoms with Crippen LogP contribution in [0.2, 0.25) is 0 Å². The summed E-state index contributed by atoms with van der Waals surface area (Å²) in [5, 5.41) is 3.40. The molecule has 154 valence electrons. The Kier molecular flexibility index (Phi) is 6.52. The number of benzene rings is 2. The summed E-state index contributed by atoms with van der Waals surface area (Å²) >= 11 is 1.22. The number of nitrogens with one attached hydrogen (secondary N) is 1. The van der Waals surface area contributed by atoms with E-state index in [2.05, 4.69) is 10.3 Å². The number of amides is 1. The summed E-state index contributed by atoms with van der Waals surface area (Å²) in [5.74, 6) is 0.0211. The molecule has 0 saturated heterocycles. The molecule has 0 aliphatic heterocycles. The van der Waals surface area contributed by atoms with Crippen LogP contribution in [0.25, 0.3) is 11.0 Å². The second-order valence-electron chi connectivity index (χ2n) is 6.83. The van der Waals surface area contributed by atoms with Crippen molar-refractivity contribution in [2.24, 2.45) is 0 Å². The fourth-order valence-corrected chi connectivity index (χ4v) is 3.69. The maximum atomic E-state index is 13.1. The number of imidazole rings is 1. The van der Waals surface area contributed by atoms with Crippen LogP contribution in [0.4, 0.5) is 13.2 Å². The quantitative estimate of drug-likeness (QED) is 0.539. The van der Waals surface area contributed by atoms with Gasteiger partial charge in [-0.2, -0.15) is 13.2 Å². The Morgan fingerprint density at radius 1 is 1.21 bits per heavy atom. The number of thioether (sulfide) groups is 1. The number of alkyl halides is 3. The predicted octanol–water partition coefficient (Wildman–Crippen LogP) is 5.11. The summed E-state index contributed by atoms with van der Waals surface area (Å²) in [6.45, 7) is 4.36. The van der Waals surface area contributed by atoms with Crippen molar-refractivity contribution in [2.45, 2.75) is 44.2 Å². The third kappa shape index (κ3) is 5.32. The van der Waals surface area contributed by atoms with Crippen molar-refractivity contribution in [3.05, 3.63) is 59.7 Å². The van der Waals surface area contributed by atoms with E-state index in [0.717, 1.165) is 24.1 Å². The largest absolute Gasteiger partial charge is 0.416 e. The second kappa shape index (κ2) is 8.90. The lowest BCUT2D eigenvalue weighted by molar-refractivity contribution is -0.137. The molecule has 0 saturated carbocycles. The Labute approximate surface area is 171 Å². The molecule has 1 heterocycles. The molecule has 0 radical (unpaired) electrons. The van der Waals surface area contributed by atoms with Crippen LogP contribution < -0.4 is 5.32 Å². The van der Waals surface area contributed by atoms with Crippen LogP contribution in [0.15, 0.2) is 53.7 Å². The predicted molar refractivity (Wildman–Crippen MR) is 109 cm³/mol. The molecule has 0 fully saturated rings. The number of hydrogen-bond donors (Lipinski definition) is 1. The molecule has 4 nitrogen and oxygen atoms in total. The van der Waals surface area contributed by atoms with Gasteiger partial charge in [0.25, 0.3) is 0 Å². The Hall–Kier alpha value is -2.48. The fourth-order valence-electron chi connectivity index (χ4n) is 2.86. The van der Waals surface area contributed by atoms with E-state index in [4.69, 9.17) is 0 Å². The standard InChI is InChI=1S/C21H22F3N3OS/c1-3-14(2)25-19(28)13-29-20-26-17-11-16(21(22,23)24)9-10-18(17)27(20)12-15-7-5-4-6-8-15/h4-11,14H,3,12-13H2,1-2H3,(H,25,28)/t14-/m1/s1. The molecule has 0 bridgehead atoms. The molecular formula is C21H22F3N3OS. The van der Waals surface area contributed by atoms with E-state index in [9.17, 15) is 18.0 Å². The highest BCUT2D eigenvalue weighted by Gasteiger charge is 2.31. The van der Waals surface area contributed by atoms with E-state index in [1.54, 1.807) is 0 Å². The monoisotopic (exact) mass is 421 g/mol. The first-order valence-corrected chi connectivity index (χ1v) is 10.3. The molecule has 1 amide bonds. The van der Waals surface area contributed by atoms with Crippen molar-refractivity contribution >= 4 is 28.7 Å².